The van der Waals surface area contributed by atoms with Crippen LogP contribution in [0.15, 0.2) is 0 Å². The summed E-state index contributed by atoms with van der Waals surface area (Å²) in [5, 5.41) is 11.8. The average molecular weight is 226 g/mol. The van der Waals surface area contributed by atoms with Gasteiger partial charge in [0.2, 0.25) is 5.91 Å². The van der Waals surface area contributed by atoms with Gasteiger partial charge in [0.05, 0.1) is 5.92 Å². The van der Waals surface area contributed by atoms with Gasteiger partial charge in [-0.2, -0.15) is 0 Å². The molecule has 5 nitrogen and oxygen atoms in total. The molecule has 0 bridgehead atoms. The first-order valence-electron chi connectivity index (χ1n) is 5.89. The monoisotopic (exact) mass is 226 g/mol. The molecule has 16 heavy (non-hydrogen) atoms. The normalized spacial score (nSPS) is 25.6. The van der Waals surface area contributed by atoms with Crippen LogP contribution in [0.2, 0.25) is 0 Å². The van der Waals surface area contributed by atoms with E-state index in [0.717, 1.165) is 19.4 Å². The SMILES string of the molecule is O=C(CCN1CCC(C(=O)O)C1)NC1CC1. The molecular formula is C11H18N2O3. The maximum atomic E-state index is 11.4. The number of aliphatic carboxylic acids is 1. The third-order valence-electron chi connectivity index (χ3n) is 3.22. The van der Waals surface area contributed by atoms with Crippen LogP contribution in [0.4, 0.5) is 0 Å². The van der Waals surface area contributed by atoms with E-state index in [2.05, 4.69) is 10.2 Å². The summed E-state index contributed by atoms with van der Waals surface area (Å²) in [6.45, 7) is 2.07. The van der Waals surface area contributed by atoms with Gasteiger partial charge >= 0.3 is 5.97 Å². The van der Waals surface area contributed by atoms with Gasteiger partial charge in [-0.05, 0) is 25.8 Å². The third-order valence-corrected chi connectivity index (χ3v) is 3.22. The fraction of sp³-hybridized carbons (Fsp3) is 0.818. The molecule has 1 saturated carbocycles. The highest BCUT2D eigenvalue weighted by Crippen LogP contribution is 2.19. The molecule has 2 rings (SSSR count). The van der Waals surface area contributed by atoms with Crippen molar-refractivity contribution < 1.29 is 14.7 Å². The lowest BCUT2D eigenvalue weighted by atomic mass is 10.1. The van der Waals surface area contributed by atoms with Gasteiger partial charge in [-0.25, -0.2) is 0 Å². The van der Waals surface area contributed by atoms with E-state index in [1.54, 1.807) is 0 Å². The van der Waals surface area contributed by atoms with Crippen LogP contribution in [0.5, 0.6) is 0 Å². The average Bonchev–Trinajstić information content (AvgIpc) is 2.91. The Kier molecular flexibility index (Phi) is 3.43. The number of likely N-dealkylation sites (tertiary alicyclic amines) is 1. The van der Waals surface area contributed by atoms with E-state index in [1.807, 2.05) is 0 Å². The molecule has 1 heterocycles. The van der Waals surface area contributed by atoms with Crippen molar-refractivity contribution in [3.8, 4) is 0 Å². The smallest absolute Gasteiger partial charge is 0.307 e. The van der Waals surface area contributed by atoms with Crippen LogP contribution in [0.1, 0.15) is 25.7 Å². The predicted octanol–water partition coefficient (Wildman–Crippen LogP) is 0.0616. The Bertz CT molecular complexity index is 289. The molecule has 2 fully saturated rings. The van der Waals surface area contributed by atoms with Crippen molar-refractivity contribution >= 4 is 11.9 Å². The van der Waals surface area contributed by atoms with E-state index in [0.29, 0.717) is 32.0 Å². The van der Waals surface area contributed by atoms with Gasteiger partial charge in [0.1, 0.15) is 0 Å². The van der Waals surface area contributed by atoms with Crippen LogP contribution < -0.4 is 5.32 Å². The van der Waals surface area contributed by atoms with Crippen LogP contribution in [-0.2, 0) is 9.59 Å². The first kappa shape index (κ1) is 11.4. The van der Waals surface area contributed by atoms with Crippen molar-refractivity contribution in [3.63, 3.8) is 0 Å². The lowest BCUT2D eigenvalue weighted by Gasteiger charge is -2.14. The summed E-state index contributed by atoms with van der Waals surface area (Å²) in [4.78, 5) is 24.2. The number of nitrogens with zero attached hydrogens (tertiary/aromatic N) is 1. The Hall–Kier alpha value is -1.10. The number of carboxylic acids is 1. The van der Waals surface area contributed by atoms with Crippen LogP contribution in [0, 0.1) is 5.92 Å². The molecule has 0 aromatic rings. The maximum absolute atomic E-state index is 11.4. The number of rotatable bonds is 5. The Balaban J connectivity index is 1.63. The largest absolute Gasteiger partial charge is 0.481 e. The number of carbonyl (C=O) groups is 2. The Morgan fingerprint density at radius 2 is 2.06 bits per heavy atom. The Morgan fingerprint density at radius 1 is 1.31 bits per heavy atom. The molecule has 90 valence electrons. The Labute approximate surface area is 94.8 Å². The van der Waals surface area contributed by atoms with Crippen molar-refractivity contribution in [2.45, 2.75) is 31.7 Å². The maximum Gasteiger partial charge on any atom is 0.307 e. The predicted molar refractivity (Wildman–Crippen MR) is 58.0 cm³/mol. The van der Waals surface area contributed by atoms with Crippen molar-refractivity contribution in [3.05, 3.63) is 0 Å². The summed E-state index contributed by atoms with van der Waals surface area (Å²) in [6, 6.07) is 0.415. The number of hydrogen-bond donors (Lipinski definition) is 2. The van der Waals surface area contributed by atoms with Gasteiger partial charge in [-0.15, -0.1) is 0 Å². The van der Waals surface area contributed by atoms with Crippen LogP contribution in [0.25, 0.3) is 0 Å². The summed E-state index contributed by atoms with van der Waals surface area (Å²) < 4.78 is 0. The molecule has 1 aliphatic heterocycles. The molecule has 5 heteroatoms. The highest BCUT2D eigenvalue weighted by atomic mass is 16.4. The van der Waals surface area contributed by atoms with Gasteiger partial charge in [0.25, 0.3) is 0 Å². The minimum Gasteiger partial charge on any atom is -0.481 e. The zero-order chi connectivity index (χ0) is 11.5. The fourth-order valence-electron chi connectivity index (χ4n) is 2.02. The molecule has 2 aliphatic rings. The first-order chi connectivity index (χ1) is 7.65. The van der Waals surface area contributed by atoms with E-state index in [4.69, 9.17) is 5.11 Å². The van der Waals surface area contributed by atoms with E-state index in [-0.39, 0.29) is 11.8 Å². The molecule has 0 aromatic carbocycles. The quantitative estimate of drug-likeness (QED) is 0.695. The number of nitrogens with one attached hydrogen (secondary N) is 1. The van der Waals surface area contributed by atoms with Crippen LogP contribution in [-0.4, -0.2) is 47.6 Å². The summed E-state index contributed by atoms with van der Waals surface area (Å²) in [5.74, 6) is -0.863. The second-order valence-electron chi connectivity index (χ2n) is 4.72. The molecule has 0 spiro atoms. The zero-order valence-corrected chi connectivity index (χ0v) is 9.32. The minimum atomic E-state index is -0.718. The van der Waals surface area contributed by atoms with Gasteiger partial charge in [0.15, 0.2) is 0 Å². The van der Waals surface area contributed by atoms with Crippen molar-refractivity contribution in [1.82, 2.24) is 10.2 Å². The number of amides is 1. The van der Waals surface area contributed by atoms with Crippen molar-refractivity contribution in [1.29, 1.82) is 0 Å². The first-order valence-corrected chi connectivity index (χ1v) is 5.89. The van der Waals surface area contributed by atoms with Crippen molar-refractivity contribution in [2.24, 2.45) is 5.92 Å². The summed E-state index contributed by atoms with van der Waals surface area (Å²) >= 11 is 0. The van der Waals surface area contributed by atoms with Crippen LogP contribution >= 0.6 is 0 Å². The highest BCUT2D eigenvalue weighted by molar-refractivity contribution is 5.76. The molecule has 1 unspecified atom stereocenters. The van der Waals surface area contributed by atoms with E-state index in [9.17, 15) is 9.59 Å². The molecule has 2 N–H and O–H groups in total. The second kappa shape index (κ2) is 4.82. The number of carboxylic acid groups (broad SMARTS) is 1. The molecule has 0 aromatic heterocycles. The highest BCUT2D eigenvalue weighted by Gasteiger charge is 2.28. The number of carbonyl (C=O) groups excluding carboxylic acids is 1. The van der Waals surface area contributed by atoms with E-state index >= 15 is 0 Å². The van der Waals surface area contributed by atoms with E-state index in [1.165, 1.54) is 0 Å². The third kappa shape index (κ3) is 3.20. The van der Waals surface area contributed by atoms with Crippen molar-refractivity contribution in [2.75, 3.05) is 19.6 Å². The summed E-state index contributed by atoms with van der Waals surface area (Å²) in [6.07, 6.45) is 3.41. The summed E-state index contributed by atoms with van der Waals surface area (Å²) in [7, 11) is 0. The summed E-state index contributed by atoms with van der Waals surface area (Å²) in [5.41, 5.74) is 0. The number of hydrogen-bond acceptors (Lipinski definition) is 3. The lowest BCUT2D eigenvalue weighted by Crippen LogP contribution is -2.31. The lowest BCUT2D eigenvalue weighted by molar-refractivity contribution is -0.141. The molecular weight excluding hydrogens is 208 g/mol. The molecule has 1 aliphatic carbocycles. The van der Waals surface area contributed by atoms with Gasteiger partial charge < -0.3 is 15.3 Å². The molecule has 1 atom stereocenters. The molecule has 0 radical (unpaired) electrons. The Morgan fingerprint density at radius 3 is 2.62 bits per heavy atom. The molecule has 1 saturated heterocycles. The standard InChI is InChI=1S/C11H18N2O3/c14-10(12-9-1-2-9)4-6-13-5-3-8(7-13)11(15)16/h8-9H,1-7H2,(H,12,14)(H,15,16). The fourth-order valence-corrected chi connectivity index (χ4v) is 2.02. The van der Waals surface area contributed by atoms with Crippen LogP contribution in [0.3, 0.4) is 0 Å². The van der Waals surface area contributed by atoms with E-state index < -0.39 is 5.97 Å². The van der Waals surface area contributed by atoms with Gasteiger partial charge in [0, 0.05) is 25.6 Å². The zero-order valence-electron chi connectivity index (χ0n) is 9.32. The van der Waals surface area contributed by atoms with Gasteiger partial charge in [-0.1, -0.05) is 0 Å². The molecule has 1 amide bonds. The minimum absolute atomic E-state index is 0.0984. The second-order valence-corrected chi connectivity index (χ2v) is 4.72. The van der Waals surface area contributed by atoms with Gasteiger partial charge in [-0.3, -0.25) is 9.59 Å². The topological polar surface area (TPSA) is 69.6 Å².